The molecule has 1 amide bonds. The van der Waals surface area contributed by atoms with Gasteiger partial charge in [-0.05, 0) is 68.4 Å². The van der Waals surface area contributed by atoms with Gasteiger partial charge in [0.15, 0.2) is 0 Å². The molecule has 4 rings (SSSR count). The smallest absolute Gasteiger partial charge is 0.261 e. The number of carbonyl (C=O) groups excluding carboxylic acids is 1. The standard InChI is InChI=1S/C25H29N3O3/c1-18-26-23-6-4-3-5-22(23)25(30)28(18)17-24(29)27-15-13-20(14-16-27)8-7-19-9-11-21(31-2)12-10-19/h3-6,9-12,20H,7-8,13-17H2,1-2H3. The van der Waals surface area contributed by atoms with Crippen LogP contribution in [0.3, 0.4) is 0 Å². The number of para-hydroxylation sites is 1. The van der Waals surface area contributed by atoms with E-state index < -0.39 is 0 Å². The van der Waals surface area contributed by atoms with Gasteiger partial charge in [0.1, 0.15) is 18.1 Å². The highest BCUT2D eigenvalue weighted by Gasteiger charge is 2.23. The van der Waals surface area contributed by atoms with Gasteiger partial charge in [0, 0.05) is 13.1 Å². The minimum Gasteiger partial charge on any atom is -0.497 e. The number of methoxy groups -OCH3 is 1. The van der Waals surface area contributed by atoms with Crippen LogP contribution >= 0.6 is 0 Å². The van der Waals surface area contributed by atoms with Crippen molar-refractivity contribution in [1.29, 1.82) is 0 Å². The highest BCUT2D eigenvalue weighted by molar-refractivity contribution is 5.79. The van der Waals surface area contributed by atoms with Crippen LogP contribution in [0.5, 0.6) is 5.75 Å². The fourth-order valence-electron chi connectivity index (χ4n) is 4.33. The number of ether oxygens (including phenoxy) is 1. The van der Waals surface area contributed by atoms with E-state index in [2.05, 4.69) is 17.1 Å². The molecule has 3 aromatic rings. The monoisotopic (exact) mass is 419 g/mol. The van der Waals surface area contributed by atoms with Crippen molar-refractivity contribution in [3.8, 4) is 5.75 Å². The number of aryl methyl sites for hydroxylation is 2. The van der Waals surface area contributed by atoms with Crippen molar-refractivity contribution in [3.63, 3.8) is 0 Å². The zero-order chi connectivity index (χ0) is 21.8. The van der Waals surface area contributed by atoms with E-state index in [1.807, 2.05) is 35.2 Å². The van der Waals surface area contributed by atoms with Crippen molar-refractivity contribution in [3.05, 3.63) is 70.3 Å². The Bertz CT molecular complexity index is 1110. The minimum atomic E-state index is -0.147. The summed E-state index contributed by atoms with van der Waals surface area (Å²) < 4.78 is 6.71. The molecule has 1 aliphatic heterocycles. The lowest BCUT2D eigenvalue weighted by Crippen LogP contribution is -2.42. The third-order valence-electron chi connectivity index (χ3n) is 6.31. The predicted molar refractivity (Wildman–Crippen MR) is 121 cm³/mol. The number of hydrogen-bond donors (Lipinski definition) is 0. The number of fused-ring (bicyclic) bond motifs is 1. The summed E-state index contributed by atoms with van der Waals surface area (Å²) in [5, 5.41) is 0.554. The number of aromatic nitrogens is 2. The first-order chi connectivity index (χ1) is 15.0. The van der Waals surface area contributed by atoms with Gasteiger partial charge in [-0.3, -0.25) is 14.2 Å². The topological polar surface area (TPSA) is 64.4 Å². The van der Waals surface area contributed by atoms with Crippen LogP contribution in [0.4, 0.5) is 0 Å². The summed E-state index contributed by atoms with van der Waals surface area (Å²) in [5.41, 5.74) is 1.84. The Morgan fingerprint density at radius 3 is 2.52 bits per heavy atom. The van der Waals surface area contributed by atoms with Crippen LogP contribution in [0.2, 0.25) is 0 Å². The molecular formula is C25H29N3O3. The Kier molecular flexibility index (Phi) is 6.35. The quantitative estimate of drug-likeness (QED) is 0.613. The van der Waals surface area contributed by atoms with E-state index in [0.29, 0.717) is 22.6 Å². The highest BCUT2D eigenvalue weighted by Crippen LogP contribution is 2.23. The molecule has 0 N–H and O–H groups in total. The van der Waals surface area contributed by atoms with E-state index >= 15 is 0 Å². The zero-order valence-corrected chi connectivity index (χ0v) is 18.2. The third kappa shape index (κ3) is 4.79. The lowest BCUT2D eigenvalue weighted by Gasteiger charge is -2.32. The lowest BCUT2D eigenvalue weighted by atomic mass is 9.90. The van der Waals surface area contributed by atoms with Gasteiger partial charge < -0.3 is 9.64 Å². The maximum absolute atomic E-state index is 12.9. The van der Waals surface area contributed by atoms with Crippen molar-refractivity contribution in [2.75, 3.05) is 20.2 Å². The highest BCUT2D eigenvalue weighted by atomic mass is 16.5. The van der Waals surface area contributed by atoms with Gasteiger partial charge in [-0.1, -0.05) is 24.3 Å². The molecule has 0 unspecified atom stereocenters. The molecule has 6 heteroatoms. The number of rotatable bonds is 6. The average molecular weight is 420 g/mol. The molecule has 31 heavy (non-hydrogen) atoms. The van der Waals surface area contributed by atoms with Crippen LogP contribution < -0.4 is 10.3 Å². The molecule has 0 radical (unpaired) electrons. The van der Waals surface area contributed by atoms with Crippen molar-refractivity contribution < 1.29 is 9.53 Å². The normalized spacial score (nSPS) is 14.7. The third-order valence-corrected chi connectivity index (χ3v) is 6.31. The van der Waals surface area contributed by atoms with Crippen molar-refractivity contribution in [1.82, 2.24) is 14.5 Å². The lowest BCUT2D eigenvalue weighted by molar-refractivity contribution is -0.133. The van der Waals surface area contributed by atoms with Crippen molar-refractivity contribution in [2.24, 2.45) is 5.92 Å². The maximum atomic E-state index is 12.9. The molecule has 162 valence electrons. The van der Waals surface area contributed by atoms with E-state index in [1.54, 1.807) is 20.1 Å². The first kappa shape index (κ1) is 21.1. The molecule has 0 spiro atoms. The SMILES string of the molecule is COc1ccc(CCC2CCN(C(=O)Cn3c(C)nc4ccccc4c3=O)CC2)cc1. The van der Waals surface area contributed by atoms with Gasteiger partial charge in [-0.25, -0.2) is 4.98 Å². The molecule has 1 saturated heterocycles. The Morgan fingerprint density at radius 2 is 1.81 bits per heavy atom. The largest absolute Gasteiger partial charge is 0.497 e. The van der Waals surface area contributed by atoms with Crippen LogP contribution in [0.15, 0.2) is 53.3 Å². The molecular weight excluding hydrogens is 390 g/mol. The average Bonchev–Trinajstić information content (AvgIpc) is 2.81. The first-order valence-corrected chi connectivity index (χ1v) is 10.9. The van der Waals surface area contributed by atoms with Gasteiger partial charge in [0.2, 0.25) is 5.91 Å². The Morgan fingerprint density at radius 1 is 1.10 bits per heavy atom. The summed E-state index contributed by atoms with van der Waals surface area (Å²) in [5.74, 6) is 2.08. The van der Waals surface area contributed by atoms with Crippen LogP contribution in [-0.2, 0) is 17.8 Å². The molecule has 1 aliphatic rings. The molecule has 0 aliphatic carbocycles. The van der Waals surface area contributed by atoms with E-state index in [0.717, 1.165) is 44.5 Å². The zero-order valence-electron chi connectivity index (χ0n) is 18.2. The van der Waals surface area contributed by atoms with Crippen LogP contribution in [0, 0.1) is 12.8 Å². The minimum absolute atomic E-state index is 0.00381. The van der Waals surface area contributed by atoms with Crippen molar-refractivity contribution in [2.45, 2.75) is 39.2 Å². The second-order valence-corrected chi connectivity index (χ2v) is 8.28. The fraction of sp³-hybridized carbons (Fsp3) is 0.400. The Balaban J connectivity index is 1.32. The molecule has 0 saturated carbocycles. The van der Waals surface area contributed by atoms with Crippen LogP contribution in [0.1, 0.15) is 30.7 Å². The van der Waals surface area contributed by atoms with E-state index in [4.69, 9.17) is 4.74 Å². The molecule has 1 aromatic heterocycles. The molecule has 2 heterocycles. The van der Waals surface area contributed by atoms with Gasteiger partial charge >= 0.3 is 0 Å². The summed E-state index contributed by atoms with van der Waals surface area (Å²) in [6, 6.07) is 15.5. The van der Waals surface area contributed by atoms with Gasteiger partial charge in [0.05, 0.1) is 18.0 Å². The summed E-state index contributed by atoms with van der Waals surface area (Å²) in [4.78, 5) is 32.1. The second kappa shape index (κ2) is 9.33. The summed E-state index contributed by atoms with van der Waals surface area (Å²) >= 11 is 0. The Labute approximate surface area is 182 Å². The predicted octanol–water partition coefficient (Wildman–Crippen LogP) is 3.58. The summed E-state index contributed by atoms with van der Waals surface area (Å²) in [7, 11) is 1.68. The van der Waals surface area contributed by atoms with Gasteiger partial charge in [-0.2, -0.15) is 0 Å². The number of nitrogens with zero attached hydrogens (tertiary/aromatic N) is 3. The number of amides is 1. The number of benzene rings is 2. The second-order valence-electron chi connectivity index (χ2n) is 8.28. The number of carbonyl (C=O) groups is 1. The number of hydrogen-bond acceptors (Lipinski definition) is 4. The Hall–Kier alpha value is -3.15. The fourth-order valence-corrected chi connectivity index (χ4v) is 4.33. The number of piperidine rings is 1. The van der Waals surface area contributed by atoms with E-state index in [9.17, 15) is 9.59 Å². The van der Waals surface area contributed by atoms with Crippen LogP contribution in [-0.4, -0.2) is 40.6 Å². The molecule has 2 aromatic carbocycles. The maximum Gasteiger partial charge on any atom is 0.261 e. The first-order valence-electron chi connectivity index (χ1n) is 10.9. The molecule has 1 fully saturated rings. The molecule has 6 nitrogen and oxygen atoms in total. The molecule has 0 bridgehead atoms. The van der Waals surface area contributed by atoms with Crippen molar-refractivity contribution >= 4 is 16.8 Å². The summed E-state index contributed by atoms with van der Waals surface area (Å²) in [6.07, 6.45) is 4.18. The number of likely N-dealkylation sites (tertiary alicyclic amines) is 1. The van der Waals surface area contributed by atoms with E-state index in [-0.39, 0.29) is 18.0 Å². The summed E-state index contributed by atoms with van der Waals surface area (Å²) in [6.45, 7) is 3.34. The van der Waals surface area contributed by atoms with E-state index in [1.165, 1.54) is 10.1 Å². The van der Waals surface area contributed by atoms with Crippen LogP contribution in [0.25, 0.3) is 10.9 Å². The molecule has 0 atom stereocenters. The van der Waals surface area contributed by atoms with Gasteiger partial charge in [-0.15, -0.1) is 0 Å². The van der Waals surface area contributed by atoms with Gasteiger partial charge in [0.25, 0.3) is 5.56 Å².